The molecule has 1 aliphatic rings. The van der Waals surface area contributed by atoms with Gasteiger partial charge in [0, 0.05) is 20.8 Å². The van der Waals surface area contributed by atoms with Crippen molar-refractivity contribution in [3.63, 3.8) is 0 Å². The Morgan fingerprint density at radius 3 is 2.00 bits per heavy atom. The van der Waals surface area contributed by atoms with Crippen molar-refractivity contribution in [3.8, 4) is 0 Å². The summed E-state index contributed by atoms with van der Waals surface area (Å²) in [5.74, 6) is -3.23. The summed E-state index contributed by atoms with van der Waals surface area (Å²) in [6.45, 7) is 3.45. The molecule has 11 nitrogen and oxygen atoms in total. The molecule has 0 unspecified atom stereocenters. The summed E-state index contributed by atoms with van der Waals surface area (Å²) in [5.41, 5.74) is 0.836. The van der Waals surface area contributed by atoms with Gasteiger partial charge in [-0.15, -0.1) is 0 Å². The van der Waals surface area contributed by atoms with Crippen LogP contribution in [0.25, 0.3) is 0 Å². The fourth-order valence-electron chi connectivity index (χ4n) is 3.11. The predicted octanol–water partition coefficient (Wildman–Crippen LogP) is 0.771. The van der Waals surface area contributed by atoms with Crippen LogP contribution in [0, 0.1) is 0 Å². The number of carbonyl (C=O) groups is 4. The number of thiocarbonyl (C=S) groups is 1. The summed E-state index contributed by atoms with van der Waals surface area (Å²) in [6.07, 6.45) is -7.06. The van der Waals surface area contributed by atoms with Crippen LogP contribution in [0.1, 0.15) is 26.3 Å². The van der Waals surface area contributed by atoms with Crippen LogP contribution in [-0.2, 0) is 54.2 Å². The molecular weight excluding hydrogens is 458 g/mol. The maximum atomic E-state index is 12.4. The van der Waals surface area contributed by atoms with Crippen molar-refractivity contribution < 1.29 is 47.6 Å². The van der Waals surface area contributed by atoms with E-state index < -0.39 is 54.5 Å². The molecule has 1 heterocycles. The Morgan fingerprint density at radius 2 is 1.45 bits per heavy atom. The van der Waals surface area contributed by atoms with Gasteiger partial charge in [0.15, 0.2) is 30.6 Å². The Morgan fingerprint density at radius 1 is 0.909 bits per heavy atom. The zero-order chi connectivity index (χ0) is 24.5. The van der Waals surface area contributed by atoms with Gasteiger partial charge < -0.3 is 33.7 Å². The van der Waals surface area contributed by atoms with Crippen molar-refractivity contribution in [2.45, 2.75) is 58.0 Å². The zero-order valence-corrected chi connectivity index (χ0v) is 19.3. The topological polar surface area (TPSA) is 136 Å². The average Bonchev–Trinajstić information content (AvgIpc) is 2.75. The van der Waals surface area contributed by atoms with Crippen molar-refractivity contribution in [3.05, 3.63) is 35.9 Å². The Bertz CT molecular complexity index is 877. The molecule has 2 rings (SSSR count). The van der Waals surface area contributed by atoms with E-state index >= 15 is 0 Å². The second kappa shape index (κ2) is 12.1. The Hall–Kier alpha value is -3.25. The lowest BCUT2D eigenvalue weighted by atomic mass is 9.97. The van der Waals surface area contributed by atoms with Gasteiger partial charge in [0.1, 0.15) is 6.61 Å². The lowest BCUT2D eigenvalue weighted by Crippen LogP contribution is -2.67. The van der Waals surface area contributed by atoms with Gasteiger partial charge in [0.05, 0.1) is 7.11 Å². The first-order valence-corrected chi connectivity index (χ1v) is 10.2. The fourth-order valence-corrected chi connectivity index (χ4v) is 3.29. The minimum atomic E-state index is -1.52. The van der Waals surface area contributed by atoms with Crippen LogP contribution in [0.5, 0.6) is 0 Å². The first-order chi connectivity index (χ1) is 15.6. The maximum Gasteiger partial charge on any atom is 0.339 e. The number of hydrogen-bond donors (Lipinski definition) is 1. The third-order valence-electron chi connectivity index (χ3n) is 4.35. The molecule has 1 aromatic carbocycles. The third-order valence-corrected chi connectivity index (χ3v) is 4.59. The molecule has 0 spiro atoms. The van der Waals surface area contributed by atoms with E-state index in [-0.39, 0.29) is 11.8 Å². The molecule has 0 aromatic heterocycles. The van der Waals surface area contributed by atoms with Crippen LogP contribution < -0.4 is 5.32 Å². The largest absolute Gasteiger partial charge is 0.467 e. The van der Waals surface area contributed by atoms with Crippen molar-refractivity contribution in [1.29, 1.82) is 0 Å². The van der Waals surface area contributed by atoms with Gasteiger partial charge in [-0.05, 0) is 17.8 Å². The SMILES string of the molecule is COC(=O)[C@H]1O[C@@H](NC(=S)OCc2ccccc2)[C@H](OC(C)=O)[C@@H](OC(C)=O)[C@@H]1OC(C)=O. The van der Waals surface area contributed by atoms with Crippen LogP contribution in [0.15, 0.2) is 30.3 Å². The Kier molecular flexibility index (Phi) is 9.55. The lowest BCUT2D eigenvalue weighted by molar-refractivity contribution is -0.251. The van der Waals surface area contributed by atoms with Gasteiger partial charge in [-0.25, -0.2) is 4.79 Å². The minimum Gasteiger partial charge on any atom is -0.467 e. The van der Waals surface area contributed by atoms with Crippen LogP contribution in [-0.4, -0.2) is 66.8 Å². The highest BCUT2D eigenvalue weighted by molar-refractivity contribution is 7.80. The third kappa shape index (κ3) is 7.68. The van der Waals surface area contributed by atoms with E-state index in [1.165, 1.54) is 0 Å². The Labute approximate surface area is 195 Å². The zero-order valence-electron chi connectivity index (χ0n) is 18.5. The molecular formula is C21H25NO10S. The average molecular weight is 483 g/mol. The number of methoxy groups -OCH3 is 1. The fraction of sp³-hybridized carbons (Fsp3) is 0.476. The molecule has 1 N–H and O–H groups in total. The van der Waals surface area contributed by atoms with Gasteiger partial charge in [-0.2, -0.15) is 0 Å². The molecule has 1 saturated heterocycles. The first-order valence-electron chi connectivity index (χ1n) is 9.84. The molecule has 5 atom stereocenters. The molecule has 0 bridgehead atoms. The van der Waals surface area contributed by atoms with Gasteiger partial charge in [0.25, 0.3) is 5.17 Å². The molecule has 180 valence electrons. The van der Waals surface area contributed by atoms with Crippen LogP contribution >= 0.6 is 12.2 Å². The monoisotopic (exact) mass is 483 g/mol. The van der Waals surface area contributed by atoms with E-state index in [0.29, 0.717) is 0 Å². The molecule has 1 aliphatic heterocycles. The van der Waals surface area contributed by atoms with Crippen molar-refractivity contribution in [1.82, 2.24) is 5.32 Å². The number of rotatable bonds is 7. The molecule has 0 amide bonds. The van der Waals surface area contributed by atoms with E-state index in [1.807, 2.05) is 30.3 Å². The van der Waals surface area contributed by atoms with Crippen molar-refractivity contribution in [2.75, 3.05) is 7.11 Å². The predicted molar refractivity (Wildman–Crippen MR) is 114 cm³/mol. The van der Waals surface area contributed by atoms with E-state index in [1.54, 1.807) is 0 Å². The van der Waals surface area contributed by atoms with Gasteiger partial charge in [-0.1, -0.05) is 30.3 Å². The number of carbonyl (C=O) groups excluding carboxylic acids is 4. The lowest BCUT2D eigenvalue weighted by Gasteiger charge is -2.43. The molecule has 12 heteroatoms. The summed E-state index contributed by atoms with van der Waals surface area (Å²) in [7, 11) is 1.10. The quantitative estimate of drug-likeness (QED) is 0.333. The first kappa shape index (κ1) is 26.0. The highest BCUT2D eigenvalue weighted by atomic mass is 32.1. The standard InChI is InChI=1S/C21H25NO10S/c1-11(23)29-15-16(30-12(2)24)18(20(26)27-4)32-19(17(15)31-13(3)25)22-21(33)28-10-14-8-6-5-7-9-14/h5-9,15-19H,10H2,1-4H3,(H,22,33)/t15-,16-,17+,18-,19+/m0/s1. The summed E-state index contributed by atoms with van der Waals surface area (Å²) in [4.78, 5) is 47.6. The number of nitrogens with one attached hydrogen (secondary N) is 1. The summed E-state index contributed by atoms with van der Waals surface area (Å²) < 4.78 is 31.7. The summed E-state index contributed by atoms with van der Waals surface area (Å²) >= 11 is 5.20. The highest BCUT2D eigenvalue weighted by Gasteiger charge is 2.55. The molecule has 1 fully saturated rings. The maximum absolute atomic E-state index is 12.4. The molecule has 0 radical (unpaired) electrons. The number of esters is 4. The molecule has 1 aromatic rings. The van der Waals surface area contributed by atoms with Crippen LogP contribution in [0.3, 0.4) is 0 Å². The summed E-state index contributed by atoms with van der Waals surface area (Å²) in [6, 6.07) is 9.16. The van der Waals surface area contributed by atoms with E-state index in [9.17, 15) is 19.2 Å². The molecule has 33 heavy (non-hydrogen) atoms. The smallest absolute Gasteiger partial charge is 0.339 e. The molecule has 0 aliphatic carbocycles. The summed E-state index contributed by atoms with van der Waals surface area (Å²) in [5, 5.41) is 2.56. The number of ether oxygens (including phenoxy) is 6. The van der Waals surface area contributed by atoms with Crippen molar-refractivity contribution in [2.24, 2.45) is 0 Å². The van der Waals surface area contributed by atoms with E-state index in [2.05, 4.69) is 5.32 Å². The van der Waals surface area contributed by atoms with Crippen molar-refractivity contribution >= 4 is 41.3 Å². The number of benzene rings is 1. The second-order valence-electron chi connectivity index (χ2n) is 6.93. The minimum absolute atomic E-state index is 0.126. The van der Waals surface area contributed by atoms with Gasteiger partial charge >= 0.3 is 23.9 Å². The second-order valence-corrected chi connectivity index (χ2v) is 7.30. The van der Waals surface area contributed by atoms with Gasteiger partial charge in [-0.3, -0.25) is 14.4 Å². The van der Waals surface area contributed by atoms with E-state index in [0.717, 1.165) is 33.4 Å². The van der Waals surface area contributed by atoms with Gasteiger partial charge in [0.2, 0.25) is 0 Å². The Balaban J connectivity index is 2.31. The normalized spacial score (nSPS) is 24.1. The number of hydrogen-bond acceptors (Lipinski definition) is 11. The molecule has 0 saturated carbocycles. The van der Waals surface area contributed by atoms with E-state index in [4.69, 9.17) is 40.6 Å². The van der Waals surface area contributed by atoms with Crippen LogP contribution in [0.2, 0.25) is 0 Å². The highest BCUT2D eigenvalue weighted by Crippen LogP contribution is 2.28. The van der Waals surface area contributed by atoms with Crippen LogP contribution in [0.4, 0.5) is 0 Å².